The Hall–Kier alpha value is -0.910. The summed E-state index contributed by atoms with van der Waals surface area (Å²) in [6, 6.07) is 7.89. The van der Waals surface area contributed by atoms with Crippen LogP contribution in [0.5, 0.6) is 0 Å². The van der Waals surface area contributed by atoms with Crippen molar-refractivity contribution in [3.8, 4) is 0 Å². The zero-order valence-electron chi connectivity index (χ0n) is 18.8. The minimum atomic E-state index is -3.35. The molecule has 2 aliphatic heterocycles. The van der Waals surface area contributed by atoms with Gasteiger partial charge >= 0.3 is 0 Å². The predicted molar refractivity (Wildman–Crippen MR) is 138 cm³/mol. The minimum Gasteiger partial charge on any atom is -0.355 e. The van der Waals surface area contributed by atoms with Crippen molar-refractivity contribution in [2.45, 2.75) is 62.9 Å². The van der Waals surface area contributed by atoms with Gasteiger partial charge in [-0.25, -0.2) is 8.42 Å². The fourth-order valence-corrected chi connectivity index (χ4v) is 5.91. The van der Waals surface area contributed by atoms with Crippen molar-refractivity contribution < 1.29 is 8.42 Å². The highest BCUT2D eigenvalue weighted by molar-refractivity contribution is 14.0. The Morgan fingerprint density at radius 1 is 1.06 bits per heavy atom. The summed E-state index contributed by atoms with van der Waals surface area (Å²) in [5.74, 6) is 0.772. The second-order valence-corrected chi connectivity index (χ2v) is 10.1. The number of nitrogens with zero attached hydrogens (tertiary/aromatic N) is 3. The molecule has 7 nitrogen and oxygen atoms in total. The Bertz CT molecular complexity index is 795. The first-order chi connectivity index (χ1) is 14.5. The maximum atomic E-state index is 12.6. The summed E-state index contributed by atoms with van der Waals surface area (Å²) in [6.07, 6.45) is 7.08. The summed E-state index contributed by atoms with van der Waals surface area (Å²) in [5.41, 5.74) is 1.03. The summed E-state index contributed by atoms with van der Waals surface area (Å²) < 4.78 is 26.8. The lowest BCUT2D eigenvalue weighted by Gasteiger charge is -2.35. The highest BCUT2D eigenvalue weighted by Gasteiger charge is 2.26. The number of halogens is 1. The SMILES string of the molecule is CCC1CCCCN1CCNC(=NC)NCc1ccc(S(=O)(=O)N2CCCC2)cc1.I. The molecule has 0 radical (unpaired) electrons. The number of aliphatic imine (C=N–C) groups is 1. The van der Waals surface area contributed by atoms with Gasteiger partial charge in [-0.3, -0.25) is 9.89 Å². The monoisotopic (exact) mass is 563 g/mol. The molecule has 2 heterocycles. The van der Waals surface area contributed by atoms with E-state index >= 15 is 0 Å². The molecular weight excluding hydrogens is 525 g/mol. The smallest absolute Gasteiger partial charge is 0.243 e. The average molecular weight is 564 g/mol. The van der Waals surface area contributed by atoms with Crippen molar-refractivity contribution >= 4 is 40.0 Å². The highest BCUT2D eigenvalue weighted by Crippen LogP contribution is 2.21. The number of benzene rings is 1. The zero-order chi connectivity index (χ0) is 21.4. The number of likely N-dealkylation sites (tertiary alicyclic amines) is 1. The molecule has 1 unspecified atom stereocenters. The molecule has 1 aromatic carbocycles. The summed E-state index contributed by atoms with van der Waals surface area (Å²) in [5, 5.41) is 6.72. The largest absolute Gasteiger partial charge is 0.355 e. The molecule has 9 heteroatoms. The van der Waals surface area contributed by atoms with Crippen LogP contribution in [-0.2, 0) is 16.6 Å². The maximum absolute atomic E-state index is 12.6. The number of hydrogen-bond donors (Lipinski definition) is 2. The van der Waals surface area contributed by atoms with Crippen LogP contribution < -0.4 is 10.6 Å². The first-order valence-corrected chi connectivity index (χ1v) is 12.8. The Balaban J connectivity index is 0.00000341. The van der Waals surface area contributed by atoms with Crippen molar-refractivity contribution in [2.24, 2.45) is 4.99 Å². The molecule has 3 rings (SSSR count). The topological polar surface area (TPSA) is 77.0 Å². The van der Waals surface area contributed by atoms with Crippen LogP contribution in [0.1, 0.15) is 51.0 Å². The van der Waals surface area contributed by atoms with E-state index in [9.17, 15) is 8.42 Å². The molecule has 0 aliphatic carbocycles. The number of sulfonamides is 1. The zero-order valence-corrected chi connectivity index (χ0v) is 22.0. The average Bonchev–Trinajstić information content (AvgIpc) is 3.32. The van der Waals surface area contributed by atoms with Gasteiger partial charge in [-0.15, -0.1) is 24.0 Å². The summed E-state index contributed by atoms with van der Waals surface area (Å²) in [6.45, 7) is 7.22. The van der Waals surface area contributed by atoms with Gasteiger partial charge in [0.1, 0.15) is 0 Å². The van der Waals surface area contributed by atoms with Gasteiger partial charge in [0, 0.05) is 45.8 Å². The number of rotatable bonds is 8. The Kier molecular flexibility index (Phi) is 11.0. The number of piperidine rings is 1. The summed E-state index contributed by atoms with van der Waals surface area (Å²) in [4.78, 5) is 7.27. The molecule has 0 saturated carbocycles. The van der Waals surface area contributed by atoms with Gasteiger partial charge in [-0.05, 0) is 56.3 Å². The molecule has 31 heavy (non-hydrogen) atoms. The summed E-state index contributed by atoms with van der Waals surface area (Å²) >= 11 is 0. The lowest BCUT2D eigenvalue weighted by atomic mass is 10.0. The third kappa shape index (κ3) is 7.30. The van der Waals surface area contributed by atoms with Gasteiger partial charge in [-0.1, -0.05) is 25.5 Å². The molecule has 176 valence electrons. The van der Waals surface area contributed by atoms with Crippen molar-refractivity contribution in [3.63, 3.8) is 0 Å². The van der Waals surface area contributed by atoms with Gasteiger partial charge in [-0.2, -0.15) is 4.31 Å². The van der Waals surface area contributed by atoms with Gasteiger partial charge in [0.25, 0.3) is 0 Å². The fourth-order valence-electron chi connectivity index (χ4n) is 4.40. The van der Waals surface area contributed by atoms with Crippen LogP contribution in [0.2, 0.25) is 0 Å². The van der Waals surface area contributed by atoms with Crippen molar-refractivity contribution in [1.82, 2.24) is 19.8 Å². The first kappa shape index (κ1) is 26.3. The molecule has 2 fully saturated rings. The second kappa shape index (κ2) is 13.0. The van der Waals surface area contributed by atoms with Crippen LogP contribution >= 0.6 is 24.0 Å². The molecule has 0 bridgehead atoms. The van der Waals surface area contributed by atoms with E-state index in [-0.39, 0.29) is 24.0 Å². The van der Waals surface area contributed by atoms with Crippen LogP contribution in [0, 0.1) is 0 Å². The molecular formula is C22H38IN5O2S. The normalized spacial score (nSPS) is 21.0. The van der Waals surface area contributed by atoms with Crippen LogP contribution in [0.3, 0.4) is 0 Å². The lowest BCUT2D eigenvalue weighted by Crippen LogP contribution is -2.45. The van der Waals surface area contributed by atoms with Gasteiger partial charge in [0.15, 0.2) is 5.96 Å². The van der Waals surface area contributed by atoms with E-state index in [0.29, 0.717) is 30.6 Å². The van der Waals surface area contributed by atoms with Crippen molar-refractivity contribution in [1.29, 1.82) is 0 Å². The number of nitrogens with one attached hydrogen (secondary N) is 2. The molecule has 0 aromatic heterocycles. The molecule has 0 amide bonds. The van der Waals surface area contributed by atoms with E-state index < -0.39 is 10.0 Å². The molecule has 0 spiro atoms. The first-order valence-electron chi connectivity index (χ1n) is 11.3. The van der Waals surface area contributed by atoms with E-state index in [0.717, 1.165) is 37.5 Å². The third-order valence-corrected chi connectivity index (χ3v) is 8.13. The number of hydrogen-bond acceptors (Lipinski definition) is 4. The molecule has 2 saturated heterocycles. The Morgan fingerprint density at radius 3 is 2.39 bits per heavy atom. The Labute approximate surface area is 205 Å². The van der Waals surface area contributed by atoms with E-state index in [4.69, 9.17) is 0 Å². The van der Waals surface area contributed by atoms with Gasteiger partial charge in [0.05, 0.1) is 4.90 Å². The standard InChI is InChI=1S/C22H37N5O2S.HI/c1-3-20-8-4-5-14-26(20)17-13-24-22(23-2)25-18-19-9-11-21(12-10-19)30(28,29)27-15-6-7-16-27;/h9-12,20H,3-8,13-18H2,1-2H3,(H2,23,24,25);1H. The van der Waals surface area contributed by atoms with Crippen LogP contribution in [0.25, 0.3) is 0 Å². The highest BCUT2D eigenvalue weighted by atomic mass is 127. The third-order valence-electron chi connectivity index (χ3n) is 6.22. The van der Waals surface area contributed by atoms with Gasteiger partial charge < -0.3 is 10.6 Å². The quantitative estimate of drug-likeness (QED) is 0.289. The van der Waals surface area contributed by atoms with Crippen LogP contribution in [-0.4, -0.2) is 69.4 Å². The van der Waals surface area contributed by atoms with Gasteiger partial charge in [0.2, 0.25) is 10.0 Å². The van der Waals surface area contributed by atoms with E-state index in [1.807, 2.05) is 12.1 Å². The van der Waals surface area contributed by atoms with Crippen molar-refractivity contribution in [3.05, 3.63) is 29.8 Å². The molecule has 1 atom stereocenters. The van der Waals surface area contributed by atoms with Crippen molar-refractivity contribution in [2.75, 3.05) is 39.8 Å². The maximum Gasteiger partial charge on any atom is 0.243 e. The van der Waals surface area contributed by atoms with E-state index in [1.54, 1.807) is 23.5 Å². The fraction of sp³-hybridized carbons (Fsp3) is 0.682. The number of guanidine groups is 1. The van der Waals surface area contributed by atoms with E-state index in [1.165, 1.54) is 32.2 Å². The molecule has 2 aliphatic rings. The summed E-state index contributed by atoms with van der Waals surface area (Å²) in [7, 11) is -1.57. The molecule has 2 N–H and O–H groups in total. The molecule has 1 aromatic rings. The Morgan fingerprint density at radius 2 is 1.74 bits per heavy atom. The predicted octanol–water partition coefficient (Wildman–Crippen LogP) is 3.02. The van der Waals surface area contributed by atoms with Crippen LogP contribution in [0.4, 0.5) is 0 Å². The van der Waals surface area contributed by atoms with Crippen LogP contribution in [0.15, 0.2) is 34.2 Å². The lowest BCUT2D eigenvalue weighted by molar-refractivity contribution is 0.147. The minimum absolute atomic E-state index is 0. The van der Waals surface area contributed by atoms with E-state index in [2.05, 4.69) is 27.4 Å². The second-order valence-electron chi connectivity index (χ2n) is 8.20.